The quantitative estimate of drug-likeness (QED) is 0.915. The Labute approximate surface area is 125 Å². The van der Waals surface area contributed by atoms with E-state index in [-0.39, 0.29) is 0 Å². The highest BCUT2D eigenvalue weighted by Gasteiger charge is 2.14. The van der Waals surface area contributed by atoms with Crippen molar-refractivity contribution in [3.8, 4) is 5.75 Å². The van der Waals surface area contributed by atoms with E-state index < -0.39 is 0 Å². The van der Waals surface area contributed by atoms with Gasteiger partial charge in [0.15, 0.2) is 0 Å². The van der Waals surface area contributed by atoms with Crippen molar-refractivity contribution in [1.82, 2.24) is 9.97 Å². The molecule has 0 bridgehead atoms. The van der Waals surface area contributed by atoms with Crippen LogP contribution in [0, 0.1) is 0 Å². The monoisotopic (exact) mass is 284 g/mol. The summed E-state index contributed by atoms with van der Waals surface area (Å²) in [5, 5.41) is 3.34. The lowest BCUT2D eigenvalue weighted by molar-refractivity contribution is 0.410. The smallest absolute Gasteiger partial charge is 0.134 e. The maximum atomic E-state index is 5.36. The molecule has 2 heterocycles. The van der Waals surface area contributed by atoms with Gasteiger partial charge >= 0.3 is 0 Å². The molecule has 5 nitrogen and oxygen atoms in total. The van der Waals surface area contributed by atoms with Gasteiger partial charge in [-0.05, 0) is 18.9 Å². The Bertz CT molecular complexity index is 596. The third-order valence-corrected chi connectivity index (χ3v) is 3.74. The van der Waals surface area contributed by atoms with Gasteiger partial charge in [0.25, 0.3) is 0 Å². The summed E-state index contributed by atoms with van der Waals surface area (Å²) in [6.45, 7) is 2.85. The van der Waals surface area contributed by atoms with Gasteiger partial charge in [-0.1, -0.05) is 18.2 Å². The van der Waals surface area contributed by atoms with Crippen LogP contribution >= 0.6 is 0 Å². The van der Waals surface area contributed by atoms with E-state index >= 15 is 0 Å². The molecule has 1 aromatic heterocycles. The van der Waals surface area contributed by atoms with Crippen LogP contribution in [-0.4, -0.2) is 30.2 Å². The summed E-state index contributed by atoms with van der Waals surface area (Å²) < 4.78 is 5.36. The highest BCUT2D eigenvalue weighted by molar-refractivity contribution is 5.49. The number of anilines is 2. The van der Waals surface area contributed by atoms with Crippen molar-refractivity contribution >= 4 is 11.6 Å². The molecule has 0 atom stereocenters. The fourth-order valence-corrected chi connectivity index (χ4v) is 2.60. The standard InChI is InChI=1S/C16H20N4O/c1-21-14-7-3-2-6-13(14)11-17-15-10-16(19-12-18-15)20-8-4-5-9-20/h2-3,6-7,10,12H,4-5,8-9,11H2,1H3,(H,17,18,19). The highest BCUT2D eigenvalue weighted by atomic mass is 16.5. The van der Waals surface area contributed by atoms with E-state index in [1.165, 1.54) is 12.8 Å². The van der Waals surface area contributed by atoms with Crippen LogP contribution in [0.3, 0.4) is 0 Å². The molecule has 0 amide bonds. The van der Waals surface area contributed by atoms with Gasteiger partial charge in [-0.3, -0.25) is 0 Å². The van der Waals surface area contributed by atoms with E-state index in [1.54, 1.807) is 13.4 Å². The molecule has 0 saturated carbocycles. The fourth-order valence-electron chi connectivity index (χ4n) is 2.60. The van der Waals surface area contributed by atoms with E-state index in [2.05, 4.69) is 26.3 Å². The van der Waals surface area contributed by atoms with Gasteiger partial charge in [0.05, 0.1) is 7.11 Å². The van der Waals surface area contributed by atoms with Crippen molar-refractivity contribution in [1.29, 1.82) is 0 Å². The van der Waals surface area contributed by atoms with Crippen LogP contribution in [-0.2, 0) is 6.54 Å². The van der Waals surface area contributed by atoms with Crippen molar-refractivity contribution in [2.45, 2.75) is 19.4 Å². The number of rotatable bonds is 5. The predicted molar refractivity (Wildman–Crippen MR) is 83.8 cm³/mol. The minimum atomic E-state index is 0.681. The first-order valence-corrected chi connectivity index (χ1v) is 7.29. The number of hydrogen-bond acceptors (Lipinski definition) is 5. The van der Waals surface area contributed by atoms with Gasteiger partial charge in [-0.25, -0.2) is 9.97 Å². The lowest BCUT2D eigenvalue weighted by Gasteiger charge is -2.17. The van der Waals surface area contributed by atoms with Gasteiger partial charge in [0.1, 0.15) is 23.7 Å². The summed E-state index contributed by atoms with van der Waals surface area (Å²) in [5.74, 6) is 2.74. The van der Waals surface area contributed by atoms with Crippen LogP contribution in [0.1, 0.15) is 18.4 Å². The molecule has 5 heteroatoms. The van der Waals surface area contributed by atoms with Crippen LogP contribution in [0.4, 0.5) is 11.6 Å². The largest absolute Gasteiger partial charge is 0.496 e. The molecular weight excluding hydrogens is 264 g/mol. The van der Waals surface area contributed by atoms with Gasteiger partial charge in [0.2, 0.25) is 0 Å². The average molecular weight is 284 g/mol. The van der Waals surface area contributed by atoms with Crippen LogP contribution in [0.5, 0.6) is 5.75 Å². The van der Waals surface area contributed by atoms with Crippen molar-refractivity contribution in [2.24, 2.45) is 0 Å². The SMILES string of the molecule is COc1ccccc1CNc1cc(N2CCCC2)ncn1. The van der Waals surface area contributed by atoms with Crippen LogP contribution < -0.4 is 15.0 Å². The Morgan fingerprint density at radius 2 is 2.00 bits per heavy atom. The molecular formula is C16H20N4O. The van der Waals surface area contributed by atoms with Crippen molar-refractivity contribution in [3.63, 3.8) is 0 Å². The molecule has 1 aliphatic heterocycles. The first-order valence-electron chi connectivity index (χ1n) is 7.29. The number of nitrogens with one attached hydrogen (secondary N) is 1. The second-order valence-corrected chi connectivity index (χ2v) is 5.12. The normalized spacial score (nSPS) is 14.2. The van der Waals surface area contributed by atoms with Gasteiger partial charge in [-0.2, -0.15) is 0 Å². The Morgan fingerprint density at radius 1 is 1.19 bits per heavy atom. The predicted octanol–water partition coefficient (Wildman–Crippen LogP) is 2.70. The first-order chi connectivity index (χ1) is 10.4. The zero-order chi connectivity index (χ0) is 14.5. The molecule has 1 aromatic carbocycles. The third kappa shape index (κ3) is 3.24. The molecule has 0 radical (unpaired) electrons. The van der Waals surface area contributed by atoms with Gasteiger partial charge < -0.3 is 15.0 Å². The highest BCUT2D eigenvalue weighted by Crippen LogP contribution is 2.21. The molecule has 2 aromatic rings. The zero-order valence-electron chi connectivity index (χ0n) is 12.2. The molecule has 0 spiro atoms. The van der Waals surface area contributed by atoms with E-state index in [0.717, 1.165) is 36.0 Å². The number of aromatic nitrogens is 2. The summed E-state index contributed by atoms with van der Waals surface area (Å²) in [5.41, 5.74) is 1.11. The molecule has 1 fully saturated rings. The van der Waals surface area contributed by atoms with Gasteiger partial charge in [0, 0.05) is 31.3 Å². The second-order valence-electron chi connectivity index (χ2n) is 5.12. The zero-order valence-corrected chi connectivity index (χ0v) is 12.2. The third-order valence-electron chi connectivity index (χ3n) is 3.74. The molecule has 110 valence electrons. The minimum Gasteiger partial charge on any atom is -0.496 e. The summed E-state index contributed by atoms with van der Waals surface area (Å²) in [6.07, 6.45) is 4.11. The molecule has 1 aliphatic rings. The maximum absolute atomic E-state index is 5.36. The summed E-state index contributed by atoms with van der Waals surface area (Å²) in [6, 6.07) is 10.0. The number of benzene rings is 1. The summed E-state index contributed by atoms with van der Waals surface area (Å²) in [7, 11) is 1.69. The first kappa shape index (κ1) is 13.7. The number of methoxy groups -OCH3 is 1. The number of nitrogens with zero attached hydrogens (tertiary/aromatic N) is 3. The Morgan fingerprint density at radius 3 is 2.81 bits per heavy atom. The molecule has 1 saturated heterocycles. The lowest BCUT2D eigenvalue weighted by atomic mass is 10.2. The number of hydrogen-bond donors (Lipinski definition) is 1. The molecule has 0 aliphatic carbocycles. The summed E-state index contributed by atoms with van der Waals surface area (Å²) >= 11 is 0. The van der Waals surface area contributed by atoms with Gasteiger partial charge in [-0.15, -0.1) is 0 Å². The molecule has 0 unspecified atom stereocenters. The molecule has 21 heavy (non-hydrogen) atoms. The van der Waals surface area contributed by atoms with Crippen molar-refractivity contribution < 1.29 is 4.74 Å². The van der Waals surface area contributed by atoms with Crippen LogP contribution in [0.25, 0.3) is 0 Å². The fraction of sp³-hybridized carbons (Fsp3) is 0.375. The molecule has 1 N–H and O–H groups in total. The lowest BCUT2D eigenvalue weighted by Crippen LogP contribution is -2.19. The van der Waals surface area contributed by atoms with Crippen LogP contribution in [0.15, 0.2) is 36.7 Å². The minimum absolute atomic E-state index is 0.681. The Balaban J connectivity index is 1.69. The number of para-hydroxylation sites is 1. The Kier molecular flexibility index (Phi) is 4.19. The second kappa shape index (κ2) is 6.43. The Hall–Kier alpha value is -2.30. The van der Waals surface area contributed by atoms with Crippen molar-refractivity contribution in [2.75, 3.05) is 30.4 Å². The van der Waals surface area contributed by atoms with E-state index in [4.69, 9.17) is 4.74 Å². The average Bonchev–Trinajstić information content (AvgIpc) is 3.08. The maximum Gasteiger partial charge on any atom is 0.134 e. The van der Waals surface area contributed by atoms with E-state index in [1.807, 2.05) is 24.3 Å². The topological polar surface area (TPSA) is 50.3 Å². The van der Waals surface area contributed by atoms with Crippen molar-refractivity contribution in [3.05, 3.63) is 42.2 Å². The number of ether oxygens (including phenoxy) is 1. The van der Waals surface area contributed by atoms with E-state index in [0.29, 0.717) is 6.54 Å². The van der Waals surface area contributed by atoms with E-state index in [9.17, 15) is 0 Å². The molecule has 3 rings (SSSR count). The van der Waals surface area contributed by atoms with Crippen LogP contribution in [0.2, 0.25) is 0 Å². The summed E-state index contributed by atoms with van der Waals surface area (Å²) in [4.78, 5) is 11.0.